The van der Waals surface area contributed by atoms with E-state index in [2.05, 4.69) is 37.4 Å². The second-order valence-corrected chi connectivity index (χ2v) is 4.53. The zero-order valence-electron chi connectivity index (χ0n) is 6.13. The van der Waals surface area contributed by atoms with Crippen LogP contribution in [-0.4, -0.2) is 6.26 Å². The fourth-order valence-corrected chi connectivity index (χ4v) is 2.04. The van der Waals surface area contributed by atoms with Gasteiger partial charge in [0.05, 0.1) is 0 Å². The Morgan fingerprint density at radius 1 is 1.10 bits per heavy atom. The minimum Gasteiger partial charge on any atom is -0.0924 e. The molecule has 1 rings (SSSR count). The molecule has 0 N–H and O–H groups in total. The summed E-state index contributed by atoms with van der Waals surface area (Å²) in [5, 5.41) is 0. The Bertz CT molecular complexity index is 191. The predicted molar refractivity (Wildman–Crippen MR) is 50.6 cm³/mol. The SMILES string of the molecule is CSSc1ccc(C)cc1. The van der Waals surface area contributed by atoms with Gasteiger partial charge in [-0.3, -0.25) is 0 Å². The van der Waals surface area contributed by atoms with E-state index in [0.717, 1.165) is 0 Å². The summed E-state index contributed by atoms with van der Waals surface area (Å²) < 4.78 is 0. The Morgan fingerprint density at radius 3 is 2.20 bits per heavy atom. The van der Waals surface area contributed by atoms with Crippen molar-refractivity contribution in [3.63, 3.8) is 0 Å². The zero-order chi connectivity index (χ0) is 7.40. The van der Waals surface area contributed by atoms with Gasteiger partial charge < -0.3 is 0 Å². The lowest BCUT2D eigenvalue weighted by Gasteiger charge is -1.96. The molecule has 0 nitrogen and oxygen atoms in total. The van der Waals surface area contributed by atoms with Crippen molar-refractivity contribution in [2.75, 3.05) is 6.26 Å². The molecule has 1 aromatic rings. The maximum absolute atomic E-state index is 2.15. The van der Waals surface area contributed by atoms with Crippen LogP contribution in [0.2, 0.25) is 0 Å². The van der Waals surface area contributed by atoms with Gasteiger partial charge in [-0.1, -0.05) is 39.3 Å². The van der Waals surface area contributed by atoms with E-state index < -0.39 is 0 Å². The number of hydrogen-bond acceptors (Lipinski definition) is 2. The molecule has 54 valence electrons. The van der Waals surface area contributed by atoms with Crippen LogP contribution in [0.15, 0.2) is 29.2 Å². The van der Waals surface area contributed by atoms with E-state index in [1.807, 2.05) is 0 Å². The molecule has 1 aromatic carbocycles. The third-order valence-corrected chi connectivity index (χ3v) is 2.91. The molecule has 0 spiro atoms. The van der Waals surface area contributed by atoms with Crippen LogP contribution in [0.1, 0.15) is 5.56 Å². The van der Waals surface area contributed by atoms with Gasteiger partial charge in [0.15, 0.2) is 0 Å². The van der Waals surface area contributed by atoms with Crippen LogP contribution in [0.25, 0.3) is 0 Å². The summed E-state index contributed by atoms with van der Waals surface area (Å²) in [7, 11) is 3.58. The second kappa shape index (κ2) is 3.94. The summed E-state index contributed by atoms with van der Waals surface area (Å²) in [6.45, 7) is 2.10. The van der Waals surface area contributed by atoms with Crippen molar-refractivity contribution in [1.29, 1.82) is 0 Å². The van der Waals surface area contributed by atoms with Gasteiger partial charge >= 0.3 is 0 Å². The van der Waals surface area contributed by atoms with E-state index in [-0.39, 0.29) is 0 Å². The minimum atomic E-state index is 1.32. The predicted octanol–water partition coefficient (Wildman–Crippen LogP) is 3.37. The van der Waals surface area contributed by atoms with Gasteiger partial charge in [-0.05, 0) is 25.3 Å². The Balaban J connectivity index is 2.69. The van der Waals surface area contributed by atoms with E-state index >= 15 is 0 Å². The lowest BCUT2D eigenvalue weighted by molar-refractivity contribution is 1.38. The van der Waals surface area contributed by atoms with E-state index in [9.17, 15) is 0 Å². The molecule has 0 fully saturated rings. The molecular weight excluding hydrogens is 160 g/mol. The van der Waals surface area contributed by atoms with Crippen molar-refractivity contribution < 1.29 is 0 Å². The first-order valence-corrected chi connectivity index (χ1v) is 5.66. The summed E-state index contributed by atoms with van der Waals surface area (Å²) in [6.07, 6.45) is 2.09. The largest absolute Gasteiger partial charge is 0.0924 e. The Labute approximate surface area is 69.8 Å². The van der Waals surface area contributed by atoms with Crippen LogP contribution in [0.5, 0.6) is 0 Å². The lowest BCUT2D eigenvalue weighted by atomic mass is 10.2. The molecule has 0 amide bonds. The standard InChI is InChI=1S/C8H10S2/c1-7-3-5-8(6-4-7)10-9-2/h3-6H,1-2H3. The highest BCUT2D eigenvalue weighted by molar-refractivity contribution is 8.76. The van der Waals surface area contributed by atoms with Crippen molar-refractivity contribution in [3.8, 4) is 0 Å². The molecule has 0 radical (unpaired) electrons. The number of hydrogen-bond donors (Lipinski definition) is 0. The minimum absolute atomic E-state index is 1.32. The highest BCUT2D eigenvalue weighted by atomic mass is 33.1. The Kier molecular flexibility index (Phi) is 3.16. The molecule has 0 atom stereocenters. The maximum Gasteiger partial charge on any atom is 0.0182 e. The van der Waals surface area contributed by atoms with Crippen LogP contribution >= 0.6 is 21.6 Å². The van der Waals surface area contributed by atoms with E-state index in [1.54, 1.807) is 21.6 Å². The van der Waals surface area contributed by atoms with Gasteiger partial charge in [0.2, 0.25) is 0 Å². The summed E-state index contributed by atoms with van der Waals surface area (Å²) in [4.78, 5) is 1.33. The molecule has 10 heavy (non-hydrogen) atoms. The Morgan fingerprint density at radius 2 is 1.70 bits per heavy atom. The van der Waals surface area contributed by atoms with E-state index in [0.29, 0.717) is 0 Å². The quantitative estimate of drug-likeness (QED) is 0.624. The molecule has 0 aliphatic heterocycles. The van der Waals surface area contributed by atoms with Gasteiger partial charge in [-0.15, -0.1) is 0 Å². The van der Waals surface area contributed by atoms with Crippen LogP contribution in [0.3, 0.4) is 0 Å². The lowest BCUT2D eigenvalue weighted by Crippen LogP contribution is -1.69. The monoisotopic (exact) mass is 170 g/mol. The fourth-order valence-electron chi connectivity index (χ4n) is 0.690. The van der Waals surface area contributed by atoms with Crippen molar-refractivity contribution in [1.82, 2.24) is 0 Å². The molecule has 0 saturated heterocycles. The molecule has 0 aliphatic carbocycles. The third-order valence-electron chi connectivity index (χ3n) is 1.20. The molecule has 0 saturated carbocycles. The second-order valence-electron chi connectivity index (χ2n) is 2.06. The summed E-state index contributed by atoms with van der Waals surface area (Å²) in [5.74, 6) is 0. The van der Waals surface area contributed by atoms with Gasteiger partial charge in [0, 0.05) is 4.90 Å². The topological polar surface area (TPSA) is 0 Å². The molecular formula is C8H10S2. The van der Waals surface area contributed by atoms with Gasteiger partial charge in [-0.2, -0.15) is 0 Å². The van der Waals surface area contributed by atoms with Crippen LogP contribution < -0.4 is 0 Å². The number of aryl methyl sites for hydroxylation is 1. The number of rotatable bonds is 2. The molecule has 0 aromatic heterocycles. The first-order chi connectivity index (χ1) is 4.83. The molecule has 0 bridgehead atoms. The maximum atomic E-state index is 2.15. The van der Waals surface area contributed by atoms with Gasteiger partial charge in [0.1, 0.15) is 0 Å². The fraction of sp³-hybridized carbons (Fsp3) is 0.250. The van der Waals surface area contributed by atoms with Crippen molar-refractivity contribution >= 4 is 21.6 Å². The van der Waals surface area contributed by atoms with E-state index in [4.69, 9.17) is 0 Å². The van der Waals surface area contributed by atoms with E-state index in [1.165, 1.54) is 10.5 Å². The summed E-state index contributed by atoms with van der Waals surface area (Å²) in [5.41, 5.74) is 1.32. The molecule has 0 aliphatic rings. The molecule has 0 heterocycles. The Hall–Kier alpha value is -0.0800. The normalized spacial score (nSPS) is 9.80. The van der Waals surface area contributed by atoms with Crippen LogP contribution in [0, 0.1) is 6.92 Å². The first-order valence-electron chi connectivity index (χ1n) is 3.10. The van der Waals surface area contributed by atoms with Crippen molar-refractivity contribution in [3.05, 3.63) is 29.8 Å². The highest BCUT2D eigenvalue weighted by Crippen LogP contribution is 2.27. The number of benzene rings is 1. The molecule has 0 unspecified atom stereocenters. The third kappa shape index (κ3) is 2.27. The van der Waals surface area contributed by atoms with Crippen molar-refractivity contribution in [2.45, 2.75) is 11.8 Å². The van der Waals surface area contributed by atoms with Gasteiger partial charge in [-0.25, -0.2) is 0 Å². The first kappa shape index (κ1) is 8.02. The average molecular weight is 170 g/mol. The smallest absolute Gasteiger partial charge is 0.0182 e. The highest BCUT2D eigenvalue weighted by Gasteiger charge is 1.89. The summed E-state index contributed by atoms with van der Waals surface area (Å²) in [6, 6.07) is 8.57. The zero-order valence-corrected chi connectivity index (χ0v) is 7.76. The summed E-state index contributed by atoms with van der Waals surface area (Å²) >= 11 is 0. The van der Waals surface area contributed by atoms with Gasteiger partial charge in [0.25, 0.3) is 0 Å². The van der Waals surface area contributed by atoms with Crippen LogP contribution in [0.4, 0.5) is 0 Å². The van der Waals surface area contributed by atoms with Crippen molar-refractivity contribution in [2.24, 2.45) is 0 Å². The van der Waals surface area contributed by atoms with Crippen LogP contribution in [-0.2, 0) is 0 Å². The average Bonchev–Trinajstić information content (AvgIpc) is 1.95. The molecule has 2 heteroatoms.